The van der Waals surface area contributed by atoms with Crippen molar-refractivity contribution in [2.45, 2.75) is 39.7 Å². The predicted molar refractivity (Wildman–Crippen MR) is 132 cm³/mol. The summed E-state index contributed by atoms with van der Waals surface area (Å²) in [7, 11) is 0. The van der Waals surface area contributed by atoms with Crippen molar-refractivity contribution in [3.05, 3.63) is 42.5 Å². The number of hydrogen-bond acceptors (Lipinski definition) is 7. The minimum Gasteiger partial charge on any atom is -0.370 e. The van der Waals surface area contributed by atoms with Gasteiger partial charge in [0.05, 0.1) is 29.2 Å². The van der Waals surface area contributed by atoms with Gasteiger partial charge < -0.3 is 20.1 Å². The monoisotopic (exact) mass is 442 g/mol. The van der Waals surface area contributed by atoms with Gasteiger partial charge in [-0.3, -0.25) is 0 Å². The van der Waals surface area contributed by atoms with Gasteiger partial charge in [0.1, 0.15) is 11.3 Å². The van der Waals surface area contributed by atoms with Crippen LogP contribution in [0.4, 0.5) is 17.5 Å². The van der Waals surface area contributed by atoms with Crippen molar-refractivity contribution in [3.8, 4) is 0 Å². The SMILES string of the molecule is Cc1cc2cnc(Nc3ccc(N4CCC5(CC4)CNC5)cn3)nc2c2c1ncn2C(C)C. The second-order valence-corrected chi connectivity index (χ2v) is 9.88. The number of pyridine rings is 1. The molecule has 2 aliphatic heterocycles. The van der Waals surface area contributed by atoms with Crippen molar-refractivity contribution in [2.24, 2.45) is 5.41 Å². The van der Waals surface area contributed by atoms with Gasteiger partial charge >= 0.3 is 0 Å². The third kappa shape index (κ3) is 3.49. The first-order valence-corrected chi connectivity index (χ1v) is 11.8. The fraction of sp³-hybridized carbons (Fsp3) is 0.440. The van der Waals surface area contributed by atoms with E-state index in [2.05, 4.69) is 68.0 Å². The summed E-state index contributed by atoms with van der Waals surface area (Å²) in [6, 6.07) is 6.56. The summed E-state index contributed by atoms with van der Waals surface area (Å²) in [5, 5.41) is 7.73. The van der Waals surface area contributed by atoms with Crippen LogP contribution in [0.1, 0.15) is 38.3 Å². The van der Waals surface area contributed by atoms with Crippen LogP contribution < -0.4 is 15.5 Å². The highest BCUT2D eigenvalue weighted by Crippen LogP contribution is 2.36. The number of nitrogens with zero attached hydrogens (tertiary/aromatic N) is 6. The standard InChI is InChI=1S/C25H30N8/c1-16(2)33-15-29-21-17(3)10-18-11-28-24(31-22(18)23(21)33)30-20-5-4-19(12-27-20)32-8-6-25(7-9-32)13-26-14-25/h4-5,10-12,15-16,26H,6-9,13-14H2,1-3H3,(H,27,28,30,31). The zero-order valence-electron chi connectivity index (χ0n) is 19.5. The topological polar surface area (TPSA) is 83.8 Å². The Morgan fingerprint density at radius 1 is 1.03 bits per heavy atom. The molecule has 3 aromatic heterocycles. The molecule has 0 amide bonds. The van der Waals surface area contributed by atoms with Crippen LogP contribution in [0.5, 0.6) is 0 Å². The largest absolute Gasteiger partial charge is 0.370 e. The van der Waals surface area contributed by atoms with E-state index in [1.165, 1.54) is 31.6 Å². The Morgan fingerprint density at radius 3 is 2.52 bits per heavy atom. The highest BCUT2D eigenvalue weighted by atomic mass is 15.2. The normalized spacial score (nSPS) is 17.8. The zero-order chi connectivity index (χ0) is 22.6. The van der Waals surface area contributed by atoms with Gasteiger partial charge in [-0.05, 0) is 62.8 Å². The summed E-state index contributed by atoms with van der Waals surface area (Å²) < 4.78 is 2.18. The second kappa shape index (κ2) is 7.66. The minimum absolute atomic E-state index is 0.297. The first-order chi connectivity index (χ1) is 16.0. The number of aryl methyl sites for hydroxylation is 1. The molecule has 0 aliphatic carbocycles. The molecule has 2 aliphatic rings. The van der Waals surface area contributed by atoms with E-state index in [1.807, 2.05) is 24.8 Å². The van der Waals surface area contributed by atoms with Gasteiger partial charge in [0, 0.05) is 43.8 Å². The third-order valence-electron chi connectivity index (χ3n) is 7.31. The first-order valence-electron chi connectivity index (χ1n) is 11.8. The van der Waals surface area contributed by atoms with E-state index in [9.17, 15) is 0 Å². The molecule has 2 fully saturated rings. The van der Waals surface area contributed by atoms with Crippen LogP contribution in [0.25, 0.3) is 21.9 Å². The van der Waals surface area contributed by atoms with E-state index >= 15 is 0 Å². The quantitative estimate of drug-likeness (QED) is 0.490. The average molecular weight is 443 g/mol. The number of aromatic nitrogens is 5. The number of rotatable bonds is 4. The van der Waals surface area contributed by atoms with Crippen LogP contribution in [-0.2, 0) is 0 Å². The molecule has 2 N–H and O–H groups in total. The number of nitrogens with one attached hydrogen (secondary N) is 2. The molecule has 0 unspecified atom stereocenters. The lowest BCUT2D eigenvalue weighted by molar-refractivity contribution is 0.126. The molecule has 1 spiro atoms. The van der Waals surface area contributed by atoms with Gasteiger partial charge in [0.2, 0.25) is 5.95 Å². The minimum atomic E-state index is 0.297. The molecule has 0 atom stereocenters. The molecule has 0 radical (unpaired) electrons. The third-order valence-corrected chi connectivity index (χ3v) is 7.31. The van der Waals surface area contributed by atoms with Crippen molar-refractivity contribution >= 4 is 39.4 Å². The second-order valence-electron chi connectivity index (χ2n) is 9.88. The number of hydrogen-bond donors (Lipinski definition) is 2. The number of imidazole rings is 1. The maximum Gasteiger partial charge on any atom is 0.228 e. The molecule has 2 saturated heterocycles. The lowest BCUT2D eigenvalue weighted by Crippen LogP contribution is -2.58. The van der Waals surface area contributed by atoms with Crippen molar-refractivity contribution in [1.29, 1.82) is 0 Å². The molecule has 4 aromatic rings. The van der Waals surface area contributed by atoms with E-state index in [0.717, 1.165) is 46.4 Å². The Balaban J connectivity index is 1.25. The maximum atomic E-state index is 4.86. The summed E-state index contributed by atoms with van der Waals surface area (Å²) >= 11 is 0. The Bertz CT molecular complexity index is 1310. The van der Waals surface area contributed by atoms with E-state index in [1.54, 1.807) is 0 Å². The lowest BCUT2D eigenvalue weighted by atomic mass is 9.73. The summed E-state index contributed by atoms with van der Waals surface area (Å²) in [5.74, 6) is 1.29. The molecule has 8 heteroatoms. The first kappa shape index (κ1) is 20.4. The zero-order valence-corrected chi connectivity index (χ0v) is 19.5. The molecule has 1 aromatic carbocycles. The fourth-order valence-electron chi connectivity index (χ4n) is 5.16. The molecule has 6 rings (SSSR count). The van der Waals surface area contributed by atoms with E-state index in [4.69, 9.17) is 4.98 Å². The Hall–Kier alpha value is -3.26. The fourth-order valence-corrected chi connectivity index (χ4v) is 5.16. The van der Waals surface area contributed by atoms with Crippen LogP contribution >= 0.6 is 0 Å². The average Bonchev–Trinajstić information content (AvgIpc) is 3.26. The predicted octanol–water partition coefficient (Wildman–Crippen LogP) is 4.20. The van der Waals surface area contributed by atoms with Gasteiger partial charge in [-0.25, -0.2) is 19.9 Å². The van der Waals surface area contributed by atoms with Crippen molar-refractivity contribution < 1.29 is 0 Å². The molecule has 0 saturated carbocycles. The summed E-state index contributed by atoms with van der Waals surface area (Å²) in [5.41, 5.74) is 5.82. The molecule has 170 valence electrons. The number of benzene rings is 1. The highest BCUT2D eigenvalue weighted by Gasteiger charge is 2.39. The molecular weight excluding hydrogens is 412 g/mol. The number of anilines is 3. The van der Waals surface area contributed by atoms with Crippen molar-refractivity contribution in [2.75, 3.05) is 36.4 Å². The maximum absolute atomic E-state index is 4.86. The number of fused-ring (bicyclic) bond motifs is 3. The van der Waals surface area contributed by atoms with E-state index in [-0.39, 0.29) is 0 Å². The van der Waals surface area contributed by atoms with Gasteiger partial charge in [0.15, 0.2) is 0 Å². The van der Waals surface area contributed by atoms with Crippen LogP contribution in [-0.4, -0.2) is 50.7 Å². The lowest BCUT2D eigenvalue weighted by Gasteiger charge is -2.48. The van der Waals surface area contributed by atoms with Gasteiger partial charge in [0.25, 0.3) is 0 Å². The molecule has 8 nitrogen and oxygen atoms in total. The Morgan fingerprint density at radius 2 is 1.85 bits per heavy atom. The van der Waals surface area contributed by atoms with Gasteiger partial charge in [-0.2, -0.15) is 0 Å². The van der Waals surface area contributed by atoms with Crippen LogP contribution in [0.2, 0.25) is 0 Å². The van der Waals surface area contributed by atoms with Gasteiger partial charge in [-0.15, -0.1) is 0 Å². The Kier molecular flexibility index (Phi) is 4.72. The van der Waals surface area contributed by atoms with Crippen LogP contribution in [0, 0.1) is 12.3 Å². The van der Waals surface area contributed by atoms with Crippen LogP contribution in [0.3, 0.4) is 0 Å². The molecular formula is C25H30N8. The summed E-state index contributed by atoms with van der Waals surface area (Å²) in [6.07, 6.45) is 8.25. The van der Waals surface area contributed by atoms with E-state index in [0.29, 0.717) is 17.4 Å². The highest BCUT2D eigenvalue weighted by molar-refractivity contribution is 6.03. The van der Waals surface area contributed by atoms with Crippen molar-refractivity contribution in [1.82, 2.24) is 29.8 Å². The summed E-state index contributed by atoms with van der Waals surface area (Å²) in [4.78, 5) is 21.1. The molecule has 5 heterocycles. The van der Waals surface area contributed by atoms with Gasteiger partial charge in [-0.1, -0.05) is 0 Å². The summed E-state index contributed by atoms with van der Waals surface area (Å²) in [6.45, 7) is 11.0. The number of piperidine rings is 1. The molecule has 33 heavy (non-hydrogen) atoms. The van der Waals surface area contributed by atoms with Crippen molar-refractivity contribution in [3.63, 3.8) is 0 Å². The Labute approximate surface area is 193 Å². The molecule has 0 bridgehead atoms. The smallest absolute Gasteiger partial charge is 0.228 e. The van der Waals surface area contributed by atoms with Crippen LogP contribution in [0.15, 0.2) is 36.9 Å². The van der Waals surface area contributed by atoms with E-state index < -0.39 is 0 Å².